The zero-order chi connectivity index (χ0) is 14.1. The quantitative estimate of drug-likeness (QED) is 0.370. The predicted octanol–water partition coefficient (Wildman–Crippen LogP) is 2.48. The van der Waals surface area contributed by atoms with E-state index >= 15 is 0 Å². The first-order valence-electron chi connectivity index (χ1n) is 3.99. The number of hydrogen-bond acceptors (Lipinski definition) is 5. The van der Waals surface area contributed by atoms with Gasteiger partial charge in [0.2, 0.25) is 5.75 Å². The van der Waals surface area contributed by atoms with Crippen LogP contribution in [0.1, 0.15) is 0 Å². The Labute approximate surface area is 103 Å². The van der Waals surface area contributed by atoms with Crippen molar-refractivity contribution in [2.75, 3.05) is 0 Å². The van der Waals surface area contributed by atoms with E-state index in [-0.39, 0.29) is 5.02 Å². The lowest BCUT2D eigenvalue weighted by Gasteiger charge is -2.09. The first kappa shape index (κ1) is 14.5. The van der Waals surface area contributed by atoms with E-state index in [4.69, 9.17) is 11.6 Å². The standard InChI is InChI=1S/C7H3ClF3NO5S/c8-4-1-2-5(12(13)14)6(3-4)17-18(15,16)7(9,10)11/h1-3H. The average molecular weight is 306 g/mol. The Kier molecular flexibility index (Phi) is 3.72. The van der Waals surface area contributed by atoms with Crippen LogP contribution in [0.3, 0.4) is 0 Å². The van der Waals surface area contributed by atoms with E-state index in [0.717, 1.165) is 12.1 Å². The molecule has 100 valence electrons. The van der Waals surface area contributed by atoms with E-state index in [1.165, 1.54) is 0 Å². The Hall–Kier alpha value is -1.55. The molecule has 0 amide bonds. The van der Waals surface area contributed by atoms with Crippen LogP contribution < -0.4 is 4.18 Å². The summed E-state index contributed by atoms with van der Waals surface area (Å²) < 4.78 is 61.2. The number of halogens is 4. The predicted molar refractivity (Wildman–Crippen MR) is 53.7 cm³/mol. The molecule has 0 aliphatic rings. The molecule has 0 fully saturated rings. The molecule has 6 nitrogen and oxygen atoms in total. The molecule has 0 bridgehead atoms. The summed E-state index contributed by atoms with van der Waals surface area (Å²) in [6.45, 7) is 0. The van der Waals surface area contributed by atoms with Crippen LogP contribution in [0, 0.1) is 10.1 Å². The highest BCUT2D eigenvalue weighted by Crippen LogP contribution is 2.34. The van der Waals surface area contributed by atoms with Gasteiger partial charge in [0.05, 0.1) is 4.92 Å². The first-order chi connectivity index (χ1) is 8.04. The molecule has 0 unspecified atom stereocenters. The number of benzene rings is 1. The normalized spacial score (nSPS) is 12.2. The van der Waals surface area contributed by atoms with Gasteiger partial charge >= 0.3 is 21.3 Å². The fourth-order valence-electron chi connectivity index (χ4n) is 0.871. The smallest absolute Gasteiger partial charge is 0.369 e. The maximum Gasteiger partial charge on any atom is 0.534 e. The highest BCUT2D eigenvalue weighted by atomic mass is 35.5. The Bertz CT molecular complexity index is 585. The second kappa shape index (κ2) is 4.61. The molecular weight excluding hydrogens is 303 g/mol. The van der Waals surface area contributed by atoms with Gasteiger partial charge in [-0.15, -0.1) is 0 Å². The van der Waals surface area contributed by atoms with Crippen molar-refractivity contribution in [3.8, 4) is 5.75 Å². The summed E-state index contributed by atoms with van der Waals surface area (Å²) in [5.41, 5.74) is -6.64. The maximum absolute atomic E-state index is 12.0. The second-order valence-electron chi connectivity index (χ2n) is 2.85. The third-order valence-electron chi connectivity index (χ3n) is 1.60. The monoisotopic (exact) mass is 305 g/mol. The van der Waals surface area contributed by atoms with Crippen LogP contribution in [-0.2, 0) is 10.1 Å². The molecule has 1 aromatic rings. The van der Waals surface area contributed by atoms with E-state index in [0.29, 0.717) is 6.07 Å². The minimum absolute atomic E-state index is 0.215. The van der Waals surface area contributed by atoms with Gasteiger partial charge in [-0.25, -0.2) is 0 Å². The number of hydrogen-bond donors (Lipinski definition) is 0. The molecule has 0 spiro atoms. The minimum Gasteiger partial charge on any atom is -0.369 e. The highest BCUT2D eigenvalue weighted by molar-refractivity contribution is 7.88. The number of nitrogens with zero attached hydrogens (tertiary/aromatic N) is 1. The van der Waals surface area contributed by atoms with Crippen molar-refractivity contribution in [1.82, 2.24) is 0 Å². The minimum atomic E-state index is -5.99. The van der Waals surface area contributed by atoms with Gasteiger partial charge in [-0.2, -0.15) is 21.6 Å². The summed E-state index contributed by atoms with van der Waals surface area (Å²) in [5, 5.41) is 10.3. The molecular formula is C7H3ClF3NO5S. The van der Waals surface area contributed by atoms with Crippen molar-refractivity contribution < 1.29 is 30.7 Å². The average Bonchev–Trinajstić information content (AvgIpc) is 2.14. The molecule has 0 saturated carbocycles. The fourth-order valence-corrected chi connectivity index (χ4v) is 1.50. The Morgan fingerprint density at radius 1 is 1.33 bits per heavy atom. The van der Waals surface area contributed by atoms with Crippen LogP contribution in [-0.4, -0.2) is 18.8 Å². The van der Waals surface area contributed by atoms with Crippen molar-refractivity contribution in [2.45, 2.75) is 5.51 Å². The maximum atomic E-state index is 12.0. The van der Waals surface area contributed by atoms with Crippen molar-refractivity contribution in [3.05, 3.63) is 33.3 Å². The van der Waals surface area contributed by atoms with Gasteiger partial charge in [-0.3, -0.25) is 10.1 Å². The van der Waals surface area contributed by atoms with E-state index in [9.17, 15) is 31.7 Å². The summed E-state index contributed by atoms with van der Waals surface area (Å²) >= 11 is 5.39. The van der Waals surface area contributed by atoms with E-state index in [2.05, 4.69) is 4.18 Å². The van der Waals surface area contributed by atoms with Crippen molar-refractivity contribution in [3.63, 3.8) is 0 Å². The van der Waals surface area contributed by atoms with Crippen LogP contribution >= 0.6 is 11.6 Å². The molecule has 11 heteroatoms. The lowest BCUT2D eigenvalue weighted by Crippen LogP contribution is -2.28. The number of nitro groups is 1. The molecule has 0 aromatic heterocycles. The van der Waals surface area contributed by atoms with Gasteiger partial charge in [0, 0.05) is 17.2 Å². The van der Waals surface area contributed by atoms with Gasteiger partial charge in [0.25, 0.3) is 0 Å². The molecule has 0 heterocycles. The van der Waals surface area contributed by atoms with Crippen LogP contribution in [0.5, 0.6) is 5.75 Å². The molecule has 0 aliphatic heterocycles. The molecule has 0 saturated heterocycles. The van der Waals surface area contributed by atoms with Crippen molar-refractivity contribution in [2.24, 2.45) is 0 Å². The van der Waals surface area contributed by atoms with E-state index in [1.807, 2.05) is 0 Å². The van der Waals surface area contributed by atoms with Gasteiger partial charge in [-0.1, -0.05) is 11.6 Å². The van der Waals surface area contributed by atoms with Gasteiger partial charge in [0.15, 0.2) is 0 Å². The van der Waals surface area contributed by atoms with Crippen LogP contribution in [0.15, 0.2) is 18.2 Å². The fraction of sp³-hybridized carbons (Fsp3) is 0.143. The molecule has 0 aliphatic carbocycles. The Morgan fingerprint density at radius 3 is 2.33 bits per heavy atom. The summed E-state index contributed by atoms with van der Waals surface area (Å²) in [6, 6.07) is 2.33. The molecule has 1 aromatic carbocycles. The van der Waals surface area contributed by atoms with E-state index in [1.54, 1.807) is 0 Å². The lowest BCUT2D eigenvalue weighted by molar-refractivity contribution is -0.385. The summed E-state index contributed by atoms with van der Waals surface area (Å²) in [7, 11) is -5.99. The third kappa shape index (κ3) is 3.01. The SMILES string of the molecule is O=[N+]([O-])c1ccc(Cl)cc1OS(=O)(=O)C(F)(F)F. The molecule has 1 rings (SSSR count). The summed E-state index contributed by atoms with van der Waals surface area (Å²) in [6.07, 6.45) is 0. The number of nitro benzene ring substituents is 1. The molecule has 18 heavy (non-hydrogen) atoms. The highest BCUT2D eigenvalue weighted by Gasteiger charge is 2.49. The van der Waals surface area contributed by atoms with Gasteiger partial charge in [-0.05, 0) is 6.07 Å². The van der Waals surface area contributed by atoms with Crippen LogP contribution in [0.4, 0.5) is 18.9 Å². The van der Waals surface area contributed by atoms with E-state index < -0.39 is 32.0 Å². The molecule has 0 N–H and O–H groups in total. The van der Waals surface area contributed by atoms with Gasteiger partial charge in [0.1, 0.15) is 0 Å². The van der Waals surface area contributed by atoms with Gasteiger partial charge < -0.3 is 4.18 Å². The first-order valence-corrected chi connectivity index (χ1v) is 5.78. The lowest BCUT2D eigenvalue weighted by atomic mass is 10.3. The summed E-state index contributed by atoms with van der Waals surface area (Å²) in [5.74, 6) is -1.11. The molecule has 0 atom stereocenters. The second-order valence-corrected chi connectivity index (χ2v) is 4.83. The Balaban J connectivity index is 3.27. The zero-order valence-corrected chi connectivity index (χ0v) is 9.71. The third-order valence-corrected chi connectivity index (χ3v) is 2.80. The van der Waals surface area contributed by atoms with Crippen LogP contribution in [0.2, 0.25) is 5.02 Å². The molecule has 0 radical (unpaired) electrons. The summed E-state index contributed by atoms with van der Waals surface area (Å²) in [4.78, 5) is 9.38. The largest absolute Gasteiger partial charge is 0.534 e. The number of alkyl halides is 3. The topological polar surface area (TPSA) is 86.5 Å². The Morgan fingerprint density at radius 2 is 1.89 bits per heavy atom. The zero-order valence-electron chi connectivity index (χ0n) is 8.14. The van der Waals surface area contributed by atoms with Crippen molar-refractivity contribution in [1.29, 1.82) is 0 Å². The van der Waals surface area contributed by atoms with Crippen LogP contribution in [0.25, 0.3) is 0 Å². The van der Waals surface area contributed by atoms with Crippen molar-refractivity contribution >= 4 is 27.4 Å². The number of rotatable bonds is 3.